The maximum Gasteiger partial charge on any atom is 0.228 e. The van der Waals surface area contributed by atoms with Crippen molar-refractivity contribution in [2.45, 2.75) is 92.9 Å². The van der Waals surface area contributed by atoms with E-state index in [-0.39, 0.29) is 57.2 Å². The minimum Gasteiger partial charge on any atom is -0.348 e. The highest BCUT2D eigenvalue weighted by Gasteiger charge is 2.72. The highest BCUT2D eigenvalue weighted by molar-refractivity contribution is 6.04. The van der Waals surface area contributed by atoms with Crippen LogP contribution in [0.3, 0.4) is 0 Å². The lowest BCUT2D eigenvalue weighted by Crippen LogP contribution is -2.69. The Morgan fingerprint density at radius 3 is 2.27 bits per heavy atom. The molecular formula is C32H46N2O3. The maximum atomic E-state index is 14.4. The van der Waals surface area contributed by atoms with Crippen LogP contribution in [-0.2, 0) is 14.4 Å². The molecule has 0 spiro atoms. The Bertz CT molecular complexity index is 1130. The predicted octanol–water partition coefficient (Wildman–Crippen LogP) is 5.98. The lowest BCUT2D eigenvalue weighted by molar-refractivity contribution is -0.221. The number of allylic oxidation sites excluding steroid dienone is 2. The number of Topliss-reactive ketones (excluding diaryl/α,β-unsaturated/α-hetero) is 2. The van der Waals surface area contributed by atoms with Gasteiger partial charge in [0.25, 0.3) is 0 Å². The van der Waals surface area contributed by atoms with Crippen LogP contribution in [-0.4, -0.2) is 36.5 Å². The summed E-state index contributed by atoms with van der Waals surface area (Å²) in [4.78, 5) is 43.2. The van der Waals surface area contributed by atoms with Gasteiger partial charge in [-0.25, -0.2) is 0 Å². The van der Waals surface area contributed by atoms with E-state index in [9.17, 15) is 19.6 Å². The minimum atomic E-state index is -0.616. The SMILES string of the molecule is C[C@H]1CC[C@]2(C(=O)N(C)C)CC[C@]3(C)C(C(=O)CC4[C@@]5(C)C=C(C#N)C(=O)C(C)(C)C5CC[C@]43C)C2C1. The topological polar surface area (TPSA) is 78.2 Å². The van der Waals surface area contributed by atoms with Gasteiger partial charge in [-0.1, -0.05) is 47.6 Å². The molecule has 37 heavy (non-hydrogen) atoms. The molecule has 4 unspecified atom stereocenters. The smallest absolute Gasteiger partial charge is 0.228 e. The average molecular weight is 507 g/mol. The molecule has 0 radical (unpaired) electrons. The molecule has 5 nitrogen and oxygen atoms in total. The van der Waals surface area contributed by atoms with Gasteiger partial charge in [0.15, 0.2) is 5.78 Å². The third-order valence-corrected chi connectivity index (χ3v) is 13.0. The number of amides is 1. The molecule has 4 saturated carbocycles. The summed E-state index contributed by atoms with van der Waals surface area (Å²) in [6.45, 7) is 13.3. The lowest BCUT2D eigenvalue weighted by Gasteiger charge is -2.71. The van der Waals surface area contributed by atoms with Crippen LogP contribution in [0.4, 0.5) is 0 Å². The van der Waals surface area contributed by atoms with Crippen molar-refractivity contribution < 1.29 is 14.4 Å². The molecule has 0 heterocycles. The van der Waals surface area contributed by atoms with Crippen molar-refractivity contribution in [1.29, 1.82) is 5.26 Å². The number of rotatable bonds is 1. The summed E-state index contributed by atoms with van der Waals surface area (Å²) in [7, 11) is 3.74. The maximum absolute atomic E-state index is 14.4. The van der Waals surface area contributed by atoms with Gasteiger partial charge in [-0.15, -0.1) is 0 Å². The van der Waals surface area contributed by atoms with Crippen LogP contribution in [0.2, 0.25) is 0 Å². The first-order valence-electron chi connectivity index (χ1n) is 14.5. The average Bonchev–Trinajstić information content (AvgIpc) is 2.82. The quantitative estimate of drug-likeness (QED) is 0.438. The number of ketones is 2. The summed E-state index contributed by atoms with van der Waals surface area (Å²) in [5, 5.41) is 9.89. The second-order valence-electron chi connectivity index (χ2n) is 15.1. The summed E-state index contributed by atoms with van der Waals surface area (Å²) >= 11 is 0. The van der Waals surface area contributed by atoms with Crippen LogP contribution in [0.15, 0.2) is 11.6 Å². The third kappa shape index (κ3) is 3.17. The minimum absolute atomic E-state index is 0.0480. The number of fused-ring (bicyclic) bond motifs is 7. The Kier molecular flexibility index (Phi) is 5.78. The molecule has 0 aromatic heterocycles. The van der Waals surface area contributed by atoms with Crippen LogP contribution in [0.1, 0.15) is 92.9 Å². The van der Waals surface area contributed by atoms with E-state index in [4.69, 9.17) is 0 Å². The largest absolute Gasteiger partial charge is 0.348 e. The number of nitriles is 1. The van der Waals surface area contributed by atoms with Gasteiger partial charge in [-0.2, -0.15) is 5.26 Å². The Morgan fingerprint density at radius 2 is 1.65 bits per heavy atom. The van der Waals surface area contributed by atoms with Crippen molar-refractivity contribution in [2.75, 3.05) is 14.1 Å². The molecule has 0 aliphatic heterocycles. The summed E-state index contributed by atoms with van der Waals surface area (Å²) in [5.41, 5.74) is -1.45. The molecule has 9 atom stereocenters. The second kappa shape index (κ2) is 8.03. The Balaban J connectivity index is 1.64. The van der Waals surface area contributed by atoms with Crippen molar-refractivity contribution in [3.63, 3.8) is 0 Å². The van der Waals surface area contributed by atoms with Gasteiger partial charge in [-0.3, -0.25) is 14.4 Å². The molecule has 0 aromatic carbocycles. The van der Waals surface area contributed by atoms with E-state index in [0.29, 0.717) is 18.1 Å². The third-order valence-electron chi connectivity index (χ3n) is 13.0. The molecular weight excluding hydrogens is 460 g/mol. The molecule has 5 aliphatic rings. The zero-order valence-corrected chi connectivity index (χ0v) is 24.2. The summed E-state index contributed by atoms with van der Waals surface area (Å²) in [6.07, 6.45) is 9.01. The van der Waals surface area contributed by atoms with Gasteiger partial charge in [0.2, 0.25) is 5.91 Å². The fourth-order valence-electron chi connectivity index (χ4n) is 11.0. The number of carbonyl (C=O) groups is 3. The first-order chi connectivity index (χ1) is 17.1. The second-order valence-corrected chi connectivity index (χ2v) is 15.1. The van der Waals surface area contributed by atoms with Gasteiger partial charge in [0.1, 0.15) is 11.9 Å². The van der Waals surface area contributed by atoms with Gasteiger partial charge in [0.05, 0.1) is 11.0 Å². The molecule has 0 aromatic rings. The molecule has 0 N–H and O–H groups in total. The molecule has 4 fully saturated rings. The van der Waals surface area contributed by atoms with Crippen molar-refractivity contribution in [1.82, 2.24) is 4.90 Å². The standard InChI is InChI=1S/C32H46N2O3/c1-19-9-12-32(27(37)34(7)8)14-13-31(6)25(21(32)15-19)22(35)16-24-29(4)17-20(18-33)26(36)28(2,3)23(29)10-11-30(24,31)5/h17,19,21,23-25H,9-16H2,1-8H3/t19-,21?,23?,24?,25?,29-,30+,31+,32-/m0/s1. The van der Waals surface area contributed by atoms with E-state index >= 15 is 0 Å². The Morgan fingerprint density at radius 1 is 0.973 bits per heavy atom. The Hall–Kier alpha value is -1.96. The molecule has 5 rings (SSSR count). The van der Waals surface area contributed by atoms with Crippen molar-refractivity contribution in [3.05, 3.63) is 11.6 Å². The highest BCUT2D eigenvalue weighted by atomic mass is 16.2. The Labute approximate surface area is 223 Å². The van der Waals surface area contributed by atoms with E-state index < -0.39 is 10.8 Å². The molecule has 5 aliphatic carbocycles. The number of nitrogens with zero attached hydrogens (tertiary/aromatic N) is 2. The normalized spacial score (nSPS) is 48.4. The van der Waals surface area contributed by atoms with Crippen LogP contribution >= 0.6 is 0 Å². The van der Waals surface area contributed by atoms with Gasteiger partial charge in [-0.05, 0) is 84.9 Å². The fraction of sp³-hybridized carbons (Fsp3) is 0.812. The summed E-state index contributed by atoms with van der Waals surface area (Å²) < 4.78 is 0. The monoisotopic (exact) mass is 506 g/mol. The first kappa shape index (κ1) is 26.6. The van der Waals surface area contributed by atoms with Crippen molar-refractivity contribution in [3.8, 4) is 6.07 Å². The van der Waals surface area contributed by atoms with E-state index in [1.807, 2.05) is 34.0 Å². The van der Waals surface area contributed by atoms with Crippen LogP contribution in [0.5, 0.6) is 0 Å². The zero-order chi connectivity index (χ0) is 27.3. The molecule has 0 bridgehead atoms. The van der Waals surface area contributed by atoms with Crippen LogP contribution < -0.4 is 0 Å². The van der Waals surface area contributed by atoms with Crippen molar-refractivity contribution in [2.24, 2.45) is 56.7 Å². The van der Waals surface area contributed by atoms with E-state index in [2.05, 4.69) is 33.8 Å². The van der Waals surface area contributed by atoms with Crippen molar-refractivity contribution >= 4 is 17.5 Å². The predicted molar refractivity (Wildman–Crippen MR) is 143 cm³/mol. The summed E-state index contributed by atoms with van der Waals surface area (Å²) in [5.74, 6) is 1.20. The molecule has 202 valence electrons. The summed E-state index contributed by atoms with van der Waals surface area (Å²) in [6, 6.07) is 2.21. The van der Waals surface area contributed by atoms with E-state index in [1.165, 1.54) is 0 Å². The fourth-order valence-corrected chi connectivity index (χ4v) is 11.0. The molecule has 5 heteroatoms. The number of hydrogen-bond donors (Lipinski definition) is 0. The van der Waals surface area contributed by atoms with Crippen LogP contribution in [0, 0.1) is 68.0 Å². The van der Waals surface area contributed by atoms with Crippen LogP contribution in [0.25, 0.3) is 0 Å². The molecule has 1 amide bonds. The highest BCUT2D eigenvalue weighted by Crippen LogP contribution is 2.75. The first-order valence-corrected chi connectivity index (χ1v) is 14.5. The lowest BCUT2D eigenvalue weighted by atomic mass is 9.32. The van der Waals surface area contributed by atoms with Gasteiger partial charge in [0, 0.05) is 31.8 Å². The zero-order valence-electron chi connectivity index (χ0n) is 24.2. The van der Waals surface area contributed by atoms with Gasteiger partial charge >= 0.3 is 0 Å². The van der Waals surface area contributed by atoms with E-state index in [1.54, 1.807) is 4.90 Å². The number of carbonyl (C=O) groups excluding carboxylic acids is 3. The number of hydrogen-bond acceptors (Lipinski definition) is 4. The van der Waals surface area contributed by atoms with E-state index in [0.717, 1.165) is 44.9 Å². The molecule has 0 saturated heterocycles. The van der Waals surface area contributed by atoms with Gasteiger partial charge < -0.3 is 4.90 Å².